The minimum absolute atomic E-state index is 0.498. The van der Waals surface area contributed by atoms with Crippen molar-refractivity contribution in [2.75, 3.05) is 0 Å². The van der Waals surface area contributed by atoms with Gasteiger partial charge in [-0.05, 0) is 38.0 Å². The van der Waals surface area contributed by atoms with Gasteiger partial charge in [0.15, 0.2) is 16.6 Å². The van der Waals surface area contributed by atoms with Gasteiger partial charge in [-0.3, -0.25) is 0 Å². The van der Waals surface area contributed by atoms with Crippen molar-refractivity contribution in [1.29, 1.82) is 0 Å². The van der Waals surface area contributed by atoms with Crippen LogP contribution in [0.25, 0.3) is 16.3 Å². The fourth-order valence-corrected chi connectivity index (χ4v) is 3.07. The molecular formula is C13H13ClN4S. The molecule has 0 saturated carbocycles. The number of aryl methyl sites for hydroxylation is 2. The Morgan fingerprint density at radius 3 is 2.68 bits per heavy atom. The first-order valence-electron chi connectivity index (χ1n) is 6.09. The van der Waals surface area contributed by atoms with Crippen LogP contribution in [0.2, 0.25) is 5.15 Å². The third-order valence-electron chi connectivity index (χ3n) is 3.27. The second-order valence-electron chi connectivity index (χ2n) is 4.42. The Morgan fingerprint density at radius 1 is 1.21 bits per heavy atom. The zero-order chi connectivity index (χ0) is 13.6. The smallest absolute Gasteiger partial charge is 0.190 e. The number of hydrogen-bond acceptors (Lipinski definition) is 4. The van der Waals surface area contributed by atoms with E-state index in [4.69, 9.17) is 11.6 Å². The molecule has 0 radical (unpaired) electrons. The lowest BCUT2D eigenvalue weighted by Gasteiger charge is -2.04. The molecule has 0 fully saturated rings. The molecule has 3 aromatic heterocycles. The Hall–Kier alpha value is -1.46. The number of halogens is 1. The summed E-state index contributed by atoms with van der Waals surface area (Å²) in [6.45, 7) is 6.07. The van der Waals surface area contributed by atoms with Crippen molar-refractivity contribution < 1.29 is 0 Å². The fourth-order valence-electron chi connectivity index (χ4n) is 1.94. The van der Waals surface area contributed by atoms with E-state index in [9.17, 15) is 0 Å². The Kier molecular flexibility index (Phi) is 3.03. The fraction of sp³-hybridized carbons (Fsp3) is 0.308. The zero-order valence-electron chi connectivity index (χ0n) is 10.9. The van der Waals surface area contributed by atoms with Gasteiger partial charge in [-0.25, -0.2) is 0 Å². The molecule has 3 heterocycles. The number of rotatable bonds is 2. The number of nitrogens with zero attached hydrogens (tertiary/aromatic N) is 4. The molecule has 0 amide bonds. The Balaban J connectivity index is 2.25. The third kappa shape index (κ3) is 1.93. The summed E-state index contributed by atoms with van der Waals surface area (Å²) in [6, 6.07) is 4.18. The van der Waals surface area contributed by atoms with Gasteiger partial charge in [0, 0.05) is 10.4 Å². The summed E-state index contributed by atoms with van der Waals surface area (Å²) in [4.78, 5) is 2.39. The molecule has 0 aliphatic carbocycles. The molecule has 0 N–H and O–H groups in total. The monoisotopic (exact) mass is 292 g/mol. The molecule has 3 aromatic rings. The summed E-state index contributed by atoms with van der Waals surface area (Å²) in [6.07, 6.45) is 1.02. The van der Waals surface area contributed by atoms with Crippen LogP contribution in [0, 0.1) is 13.8 Å². The summed E-state index contributed by atoms with van der Waals surface area (Å²) < 4.78 is 1.73. The SMILES string of the molecule is CCc1ccc(-c2nnc3c(C)c(C)c(Cl)nn23)s1. The lowest BCUT2D eigenvalue weighted by atomic mass is 10.2. The minimum Gasteiger partial charge on any atom is -0.190 e. The van der Waals surface area contributed by atoms with Gasteiger partial charge in [0.25, 0.3) is 0 Å². The quantitative estimate of drug-likeness (QED) is 0.723. The first kappa shape index (κ1) is 12.6. The molecule has 0 aromatic carbocycles. The van der Waals surface area contributed by atoms with Crippen LogP contribution in [0.3, 0.4) is 0 Å². The van der Waals surface area contributed by atoms with Crippen molar-refractivity contribution in [3.05, 3.63) is 33.3 Å². The molecule has 0 aliphatic rings. The highest BCUT2D eigenvalue weighted by Gasteiger charge is 2.15. The molecule has 3 rings (SSSR count). The van der Waals surface area contributed by atoms with Crippen molar-refractivity contribution >= 4 is 28.6 Å². The van der Waals surface area contributed by atoms with Gasteiger partial charge >= 0.3 is 0 Å². The van der Waals surface area contributed by atoms with Crippen molar-refractivity contribution in [3.8, 4) is 10.7 Å². The van der Waals surface area contributed by atoms with Crippen molar-refractivity contribution in [3.63, 3.8) is 0 Å². The summed E-state index contributed by atoms with van der Waals surface area (Å²) in [5.74, 6) is 0.754. The molecule has 4 nitrogen and oxygen atoms in total. The Morgan fingerprint density at radius 2 is 2.00 bits per heavy atom. The highest BCUT2D eigenvalue weighted by molar-refractivity contribution is 7.15. The van der Waals surface area contributed by atoms with Gasteiger partial charge in [-0.1, -0.05) is 18.5 Å². The van der Waals surface area contributed by atoms with Crippen LogP contribution < -0.4 is 0 Å². The molecule has 19 heavy (non-hydrogen) atoms. The lowest BCUT2D eigenvalue weighted by molar-refractivity contribution is 0.921. The van der Waals surface area contributed by atoms with Gasteiger partial charge in [0.1, 0.15) is 0 Å². The Labute approximate surface area is 120 Å². The molecule has 0 aliphatic heterocycles. The topological polar surface area (TPSA) is 43.1 Å². The van der Waals surface area contributed by atoms with E-state index in [2.05, 4.69) is 34.4 Å². The maximum atomic E-state index is 6.16. The van der Waals surface area contributed by atoms with E-state index in [1.807, 2.05) is 13.8 Å². The highest BCUT2D eigenvalue weighted by atomic mass is 35.5. The van der Waals surface area contributed by atoms with E-state index in [0.717, 1.165) is 33.9 Å². The summed E-state index contributed by atoms with van der Waals surface area (Å²) >= 11 is 7.87. The minimum atomic E-state index is 0.498. The van der Waals surface area contributed by atoms with Crippen molar-refractivity contribution in [2.24, 2.45) is 0 Å². The highest BCUT2D eigenvalue weighted by Crippen LogP contribution is 2.29. The van der Waals surface area contributed by atoms with E-state index in [1.54, 1.807) is 15.9 Å². The maximum Gasteiger partial charge on any atom is 0.195 e. The molecule has 0 bridgehead atoms. The molecule has 0 atom stereocenters. The van der Waals surface area contributed by atoms with Crippen LogP contribution in [0.1, 0.15) is 22.9 Å². The number of aromatic nitrogens is 4. The van der Waals surface area contributed by atoms with Gasteiger partial charge < -0.3 is 0 Å². The maximum absolute atomic E-state index is 6.16. The molecule has 0 spiro atoms. The standard InChI is InChI=1S/C13H13ClN4S/c1-4-9-5-6-10(19-9)13-16-15-12-8(3)7(2)11(14)17-18(12)13/h5-6H,4H2,1-3H3. The van der Waals surface area contributed by atoms with Crippen LogP contribution in [0.15, 0.2) is 12.1 Å². The van der Waals surface area contributed by atoms with E-state index in [1.165, 1.54) is 4.88 Å². The van der Waals surface area contributed by atoms with Gasteiger partial charge in [-0.2, -0.15) is 9.61 Å². The van der Waals surface area contributed by atoms with Crippen LogP contribution in [0.5, 0.6) is 0 Å². The number of thiophene rings is 1. The first-order chi connectivity index (χ1) is 9.11. The van der Waals surface area contributed by atoms with Crippen LogP contribution in [0.4, 0.5) is 0 Å². The van der Waals surface area contributed by atoms with E-state index in [0.29, 0.717) is 5.15 Å². The van der Waals surface area contributed by atoms with Crippen LogP contribution in [-0.2, 0) is 6.42 Å². The average Bonchev–Trinajstić information content (AvgIpc) is 3.01. The second-order valence-corrected chi connectivity index (χ2v) is 5.95. The number of fused-ring (bicyclic) bond motifs is 1. The largest absolute Gasteiger partial charge is 0.195 e. The predicted octanol–water partition coefficient (Wildman–Crippen LogP) is 3.69. The van der Waals surface area contributed by atoms with Crippen LogP contribution >= 0.6 is 22.9 Å². The summed E-state index contributed by atoms with van der Waals surface area (Å²) in [7, 11) is 0. The second kappa shape index (κ2) is 4.58. The van der Waals surface area contributed by atoms with Gasteiger partial charge in [-0.15, -0.1) is 21.5 Å². The van der Waals surface area contributed by atoms with Gasteiger partial charge in [0.2, 0.25) is 0 Å². The normalized spacial score (nSPS) is 11.4. The number of hydrogen-bond donors (Lipinski definition) is 0. The van der Waals surface area contributed by atoms with Gasteiger partial charge in [0.05, 0.1) is 4.88 Å². The Bertz CT molecular complexity index is 759. The molecular weight excluding hydrogens is 280 g/mol. The van der Waals surface area contributed by atoms with Crippen LogP contribution in [-0.4, -0.2) is 19.8 Å². The molecule has 98 valence electrons. The van der Waals surface area contributed by atoms with Crippen molar-refractivity contribution in [1.82, 2.24) is 19.8 Å². The zero-order valence-corrected chi connectivity index (χ0v) is 12.5. The lowest BCUT2D eigenvalue weighted by Crippen LogP contribution is -1.99. The molecule has 6 heteroatoms. The van der Waals surface area contributed by atoms with E-state index < -0.39 is 0 Å². The van der Waals surface area contributed by atoms with E-state index in [-0.39, 0.29) is 0 Å². The van der Waals surface area contributed by atoms with Crippen molar-refractivity contribution in [2.45, 2.75) is 27.2 Å². The molecule has 0 saturated heterocycles. The summed E-state index contributed by atoms with van der Waals surface area (Å²) in [5.41, 5.74) is 2.74. The molecule has 0 unspecified atom stereocenters. The first-order valence-corrected chi connectivity index (χ1v) is 7.28. The summed E-state index contributed by atoms with van der Waals surface area (Å²) in [5, 5.41) is 13.4. The predicted molar refractivity (Wildman–Crippen MR) is 78.0 cm³/mol. The van der Waals surface area contributed by atoms with E-state index >= 15 is 0 Å². The third-order valence-corrected chi connectivity index (χ3v) is 4.85. The average molecular weight is 293 g/mol.